The van der Waals surface area contributed by atoms with Crippen LogP contribution in [0.3, 0.4) is 0 Å². The van der Waals surface area contributed by atoms with E-state index < -0.39 is 5.54 Å². The highest BCUT2D eigenvalue weighted by molar-refractivity contribution is 7.36. The maximum absolute atomic E-state index is 5.55. The molecule has 0 fully saturated rings. The van der Waals surface area contributed by atoms with Crippen LogP contribution in [-0.4, -0.2) is 5.54 Å². The average molecular weight is 171 g/mol. The van der Waals surface area contributed by atoms with E-state index >= 15 is 0 Å². The first-order chi connectivity index (χ1) is 3.66. The summed E-state index contributed by atoms with van der Waals surface area (Å²) in [5.41, 5.74) is -0.470. The summed E-state index contributed by atoms with van der Waals surface area (Å²) in [7, 11) is 0. The Labute approximate surface area is 64.7 Å². The zero-order chi connectivity index (χ0) is 6.57. The molecule has 0 N–H and O–H groups in total. The Kier molecular flexibility index (Phi) is 4.93. The fourth-order valence-corrected chi connectivity index (χ4v) is 0.814. The van der Waals surface area contributed by atoms with E-state index in [0.717, 1.165) is 6.42 Å². The molecule has 0 radical (unpaired) electrons. The Hall–Kier alpha value is 0.675. The average Bonchev–Trinajstić information content (AvgIpc) is 1.65. The molecule has 0 aliphatic heterocycles. The summed E-state index contributed by atoms with van der Waals surface area (Å²) < 4.78 is 0. The summed E-state index contributed by atoms with van der Waals surface area (Å²) in [4.78, 5) is 0. The highest BCUT2D eigenvalue weighted by atomic mass is 35.5. The van der Waals surface area contributed by atoms with Gasteiger partial charge in [-0.2, -0.15) is 22.9 Å². The SMILES string of the molecule is CC/C(Cl)=C/B(Cl)Cl. The van der Waals surface area contributed by atoms with Crippen molar-refractivity contribution in [1.82, 2.24) is 0 Å². The summed E-state index contributed by atoms with van der Waals surface area (Å²) in [6, 6.07) is 0. The number of rotatable bonds is 2. The van der Waals surface area contributed by atoms with E-state index in [4.69, 9.17) is 34.5 Å². The highest BCUT2D eigenvalue weighted by Gasteiger charge is 1.99. The second kappa shape index (κ2) is 4.54. The molecule has 0 atom stereocenters. The molecule has 0 aliphatic rings. The quantitative estimate of drug-likeness (QED) is 0.560. The van der Waals surface area contributed by atoms with Crippen molar-refractivity contribution in [3.63, 3.8) is 0 Å². The monoisotopic (exact) mass is 170 g/mol. The molecular weight excluding hydrogens is 165 g/mol. The summed E-state index contributed by atoms with van der Waals surface area (Å²) in [6.07, 6.45) is 0.789. The van der Waals surface area contributed by atoms with Gasteiger partial charge in [-0.1, -0.05) is 24.5 Å². The van der Waals surface area contributed by atoms with Gasteiger partial charge in [0.05, 0.1) is 0 Å². The van der Waals surface area contributed by atoms with Gasteiger partial charge in [-0.05, 0) is 6.42 Å². The van der Waals surface area contributed by atoms with Gasteiger partial charge in [0, 0.05) is 5.03 Å². The molecule has 0 heterocycles. The van der Waals surface area contributed by atoms with Gasteiger partial charge in [0.25, 0.3) is 0 Å². The van der Waals surface area contributed by atoms with Gasteiger partial charge in [0.2, 0.25) is 0 Å². The molecule has 4 heteroatoms. The lowest BCUT2D eigenvalue weighted by Gasteiger charge is -1.88. The van der Waals surface area contributed by atoms with E-state index in [1.807, 2.05) is 6.92 Å². The second-order valence-electron chi connectivity index (χ2n) is 1.30. The summed E-state index contributed by atoms with van der Waals surface area (Å²) in [5.74, 6) is 1.60. The van der Waals surface area contributed by atoms with E-state index in [0.29, 0.717) is 5.03 Å². The minimum Gasteiger partial charge on any atom is -0.165 e. The van der Waals surface area contributed by atoms with Crippen molar-refractivity contribution in [1.29, 1.82) is 0 Å². The minimum atomic E-state index is -0.470. The molecule has 0 aromatic heterocycles. The van der Waals surface area contributed by atoms with Crippen LogP contribution in [0.5, 0.6) is 0 Å². The zero-order valence-corrected chi connectivity index (χ0v) is 6.76. The van der Waals surface area contributed by atoms with Gasteiger partial charge < -0.3 is 0 Å². The molecule has 8 heavy (non-hydrogen) atoms. The van der Waals surface area contributed by atoms with Crippen molar-refractivity contribution >= 4 is 40.1 Å². The predicted molar refractivity (Wildman–Crippen MR) is 41.7 cm³/mol. The molecule has 0 spiro atoms. The minimum absolute atomic E-state index is 0.470. The highest BCUT2D eigenvalue weighted by Crippen LogP contribution is 2.09. The Morgan fingerprint density at radius 2 is 2.12 bits per heavy atom. The molecule has 0 saturated carbocycles. The summed E-state index contributed by atoms with van der Waals surface area (Å²) >= 11 is 16.3. The first-order valence-corrected chi connectivity index (χ1v) is 3.56. The molecule has 0 saturated heterocycles. The fraction of sp³-hybridized carbons (Fsp3) is 0.500. The Balaban J connectivity index is 3.56. The van der Waals surface area contributed by atoms with Crippen molar-refractivity contribution in [2.24, 2.45) is 0 Å². The van der Waals surface area contributed by atoms with Crippen LogP contribution in [0.2, 0.25) is 0 Å². The molecule has 0 rings (SSSR count). The number of halogens is 3. The lowest BCUT2D eigenvalue weighted by Crippen LogP contribution is -1.85. The molecule has 0 nitrogen and oxygen atoms in total. The standard InChI is InChI=1S/C4H6BCl3/c1-2-4(6)3-5(7)8/h3H,2H2,1H3/b4-3-. The van der Waals surface area contributed by atoms with Crippen LogP contribution in [0.25, 0.3) is 0 Å². The zero-order valence-electron chi connectivity index (χ0n) is 4.50. The maximum atomic E-state index is 5.55. The van der Waals surface area contributed by atoms with Gasteiger partial charge >= 0.3 is 5.54 Å². The van der Waals surface area contributed by atoms with Crippen molar-refractivity contribution in [3.8, 4) is 0 Å². The van der Waals surface area contributed by atoms with E-state index in [2.05, 4.69) is 0 Å². The summed E-state index contributed by atoms with van der Waals surface area (Å²) in [5, 5.41) is 0.708. The van der Waals surface area contributed by atoms with Crippen LogP contribution in [0, 0.1) is 0 Å². The van der Waals surface area contributed by atoms with Crippen LogP contribution < -0.4 is 0 Å². The molecule has 0 bridgehead atoms. The number of hydrogen-bond donors (Lipinski definition) is 0. The lowest BCUT2D eigenvalue weighted by molar-refractivity contribution is 1.20. The van der Waals surface area contributed by atoms with Crippen molar-refractivity contribution in [2.45, 2.75) is 13.3 Å². The van der Waals surface area contributed by atoms with Crippen molar-refractivity contribution in [3.05, 3.63) is 11.0 Å². The topological polar surface area (TPSA) is 0 Å². The largest absolute Gasteiger partial charge is 0.376 e. The normalized spacial score (nSPS) is 11.8. The number of hydrogen-bond acceptors (Lipinski definition) is 0. The summed E-state index contributed by atoms with van der Waals surface area (Å²) in [6.45, 7) is 1.94. The fourth-order valence-electron chi connectivity index (χ4n) is 0.255. The molecule has 0 amide bonds. The predicted octanol–water partition coefficient (Wildman–Crippen LogP) is 3.02. The third kappa shape index (κ3) is 4.82. The molecular formula is C4H6BCl3. The van der Waals surface area contributed by atoms with E-state index in [1.165, 1.54) is 0 Å². The molecule has 0 aromatic carbocycles. The van der Waals surface area contributed by atoms with Crippen LogP contribution in [-0.2, 0) is 0 Å². The second-order valence-corrected chi connectivity index (χ2v) is 2.95. The van der Waals surface area contributed by atoms with Crippen LogP contribution in [0.1, 0.15) is 13.3 Å². The van der Waals surface area contributed by atoms with Crippen LogP contribution in [0.4, 0.5) is 0 Å². The smallest absolute Gasteiger partial charge is 0.165 e. The third-order valence-electron chi connectivity index (χ3n) is 0.645. The Morgan fingerprint density at radius 3 is 2.25 bits per heavy atom. The Morgan fingerprint density at radius 1 is 1.62 bits per heavy atom. The van der Waals surface area contributed by atoms with Crippen molar-refractivity contribution < 1.29 is 0 Å². The maximum Gasteiger partial charge on any atom is 0.376 e. The van der Waals surface area contributed by atoms with Gasteiger partial charge in [-0.15, -0.1) is 0 Å². The first kappa shape index (κ1) is 8.67. The number of allylic oxidation sites excluding steroid dienone is 1. The van der Waals surface area contributed by atoms with Crippen molar-refractivity contribution in [2.75, 3.05) is 0 Å². The van der Waals surface area contributed by atoms with E-state index in [-0.39, 0.29) is 0 Å². The third-order valence-corrected chi connectivity index (χ3v) is 1.29. The van der Waals surface area contributed by atoms with E-state index in [9.17, 15) is 0 Å². The first-order valence-electron chi connectivity index (χ1n) is 2.31. The molecule has 0 aliphatic carbocycles. The van der Waals surface area contributed by atoms with E-state index in [1.54, 1.807) is 5.98 Å². The van der Waals surface area contributed by atoms with Gasteiger partial charge in [-0.3, -0.25) is 0 Å². The molecule has 0 aromatic rings. The van der Waals surface area contributed by atoms with Crippen LogP contribution >= 0.6 is 34.5 Å². The molecule has 46 valence electrons. The van der Waals surface area contributed by atoms with Gasteiger partial charge in [0.1, 0.15) is 0 Å². The van der Waals surface area contributed by atoms with Gasteiger partial charge in [-0.25, -0.2) is 0 Å². The lowest BCUT2D eigenvalue weighted by atomic mass is 10.1. The Bertz CT molecular complexity index is 89.3. The molecule has 0 unspecified atom stereocenters. The van der Waals surface area contributed by atoms with Gasteiger partial charge in [0.15, 0.2) is 0 Å². The van der Waals surface area contributed by atoms with Crippen LogP contribution in [0.15, 0.2) is 11.0 Å².